The highest BCUT2D eigenvalue weighted by Crippen LogP contribution is 2.23. The predicted octanol–water partition coefficient (Wildman–Crippen LogP) is 4.83. The highest BCUT2D eigenvalue weighted by atomic mass is 35.5. The SMILES string of the molecule is COc1ccc(CC(=O)C=Cc2ccc(Cl)c(Cl)c2)cc1. The summed E-state index contributed by atoms with van der Waals surface area (Å²) in [7, 11) is 1.61. The van der Waals surface area contributed by atoms with Crippen LogP contribution in [0, 0.1) is 0 Å². The van der Waals surface area contributed by atoms with Gasteiger partial charge in [-0.15, -0.1) is 0 Å². The van der Waals surface area contributed by atoms with Gasteiger partial charge in [-0.3, -0.25) is 4.79 Å². The average Bonchev–Trinajstić information content (AvgIpc) is 2.49. The van der Waals surface area contributed by atoms with Crippen molar-refractivity contribution in [2.45, 2.75) is 6.42 Å². The lowest BCUT2D eigenvalue weighted by Crippen LogP contribution is -1.98. The summed E-state index contributed by atoms with van der Waals surface area (Å²) in [6, 6.07) is 12.7. The highest BCUT2D eigenvalue weighted by molar-refractivity contribution is 6.42. The minimum absolute atomic E-state index is 0.0197. The van der Waals surface area contributed by atoms with Crippen LogP contribution in [0.5, 0.6) is 5.75 Å². The van der Waals surface area contributed by atoms with Crippen LogP contribution in [0.4, 0.5) is 0 Å². The van der Waals surface area contributed by atoms with Gasteiger partial charge in [0.1, 0.15) is 5.75 Å². The molecule has 2 aromatic rings. The number of carbonyl (C=O) groups is 1. The van der Waals surface area contributed by atoms with Gasteiger partial charge in [0.2, 0.25) is 0 Å². The van der Waals surface area contributed by atoms with Crippen molar-refractivity contribution < 1.29 is 9.53 Å². The molecule has 0 radical (unpaired) electrons. The lowest BCUT2D eigenvalue weighted by Gasteiger charge is -2.01. The van der Waals surface area contributed by atoms with Gasteiger partial charge in [0, 0.05) is 6.42 Å². The molecule has 2 aromatic carbocycles. The number of halogens is 2. The molecule has 4 heteroatoms. The molecule has 0 unspecified atom stereocenters. The molecule has 0 aliphatic carbocycles. The van der Waals surface area contributed by atoms with E-state index in [4.69, 9.17) is 27.9 Å². The fraction of sp³-hybridized carbons (Fsp3) is 0.118. The minimum Gasteiger partial charge on any atom is -0.497 e. The zero-order valence-electron chi connectivity index (χ0n) is 11.5. The largest absolute Gasteiger partial charge is 0.497 e. The first kappa shape index (κ1) is 15.6. The third-order valence-electron chi connectivity index (χ3n) is 2.94. The second kappa shape index (κ2) is 7.30. The molecule has 0 fully saturated rings. The summed E-state index contributed by atoms with van der Waals surface area (Å²) in [5, 5.41) is 0.972. The normalized spacial score (nSPS) is 10.8. The van der Waals surface area contributed by atoms with Crippen LogP contribution in [-0.2, 0) is 11.2 Å². The average molecular weight is 321 g/mol. The van der Waals surface area contributed by atoms with Crippen molar-refractivity contribution in [3.8, 4) is 5.75 Å². The van der Waals surface area contributed by atoms with Crippen molar-refractivity contribution in [1.82, 2.24) is 0 Å². The van der Waals surface area contributed by atoms with Gasteiger partial charge in [-0.25, -0.2) is 0 Å². The molecule has 0 bridgehead atoms. The van der Waals surface area contributed by atoms with Crippen molar-refractivity contribution in [1.29, 1.82) is 0 Å². The Balaban J connectivity index is 1.99. The summed E-state index contributed by atoms with van der Waals surface area (Å²) < 4.78 is 5.08. The summed E-state index contributed by atoms with van der Waals surface area (Å²) in [4.78, 5) is 11.9. The van der Waals surface area contributed by atoms with Gasteiger partial charge in [-0.05, 0) is 41.5 Å². The van der Waals surface area contributed by atoms with Crippen LogP contribution in [0.2, 0.25) is 10.0 Å². The minimum atomic E-state index is 0.0197. The van der Waals surface area contributed by atoms with Gasteiger partial charge in [0.15, 0.2) is 5.78 Å². The fourth-order valence-corrected chi connectivity index (χ4v) is 2.12. The molecular formula is C17H14Cl2O2. The van der Waals surface area contributed by atoms with Crippen LogP contribution in [0.3, 0.4) is 0 Å². The molecule has 0 N–H and O–H groups in total. The molecule has 2 rings (SSSR count). The maximum atomic E-state index is 11.9. The molecule has 0 amide bonds. The van der Waals surface area contributed by atoms with E-state index in [-0.39, 0.29) is 5.78 Å². The molecule has 0 heterocycles. The maximum absolute atomic E-state index is 11.9. The summed E-state index contributed by atoms with van der Waals surface area (Å²) in [6.07, 6.45) is 3.62. The third kappa shape index (κ3) is 4.62. The lowest BCUT2D eigenvalue weighted by atomic mass is 10.1. The molecule has 0 saturated carbocycles. The van der Waals surface area contributed by atoms with Crippen molar-refractivity contribution in [3.05, 3.63) is 69.7 Å². The van der Waals surface area contributed by atoms with Crippen LogP contribution >= 0.6 is 23.2 Å². The zero-order chi connectivity index (χ0) is 15.2. The quantitative estimate of drug-likeness (QED) is 0.738. The van der Waals surface area contributed by atoms with Crippen molar-refractivity contribution in [3.63, 3.8) is 0 Å². The molecule has 0 spiro atoms. The van der Waals surface area contributed by atoms with Crippen molar-refractivity contribution >= 4 is 35.1 Å². The van der Waals surface area contributed by atoms with Crippen molar-refractivity contribution in [2.24, 2.45) is 0 Å². The fourth-order valence-electron chi connectivity index (χ4n) is 1.81. The second-order valence-corrected chi connectivity index (χ2v) is 5.31. The monoisotopic (exact) mass is 320 g/mol. The van der Waals surface area contributed by atoms with E-state index in [0.717, 1.165) is 16.9 Å². The lowest BCUT2D eigenvalue weighted by molar-refractivity contribution is -0.113. The molecule has 0 atom stereocenters. The molecule has 0 aromatic heterocycles. The first-order valence-corrected chi connectivity index (χ1v) is 7.13. The molecule has 0 saturated heterocycles. The van der Waals surface area contributed by atoms with Gasteiger partial charge >= 0.3 is 0 Å². The highest BCUT2D eigenvalue weighted by Gasteiger charge is 2.01. The Morgan fingerprint density at radius 3 is 2.43 bits per heavy atom. The van der Waals surface area contributed by atoms with Gasteiger partial charge in [-0.2, -0.15) is 0 Å². The smallest absolute Gasteiger partial charge is 0.160 e. The number of rotatable bonds is 5. The topological polar surface area (TPSA) is 26.3 Å². The number of ketones is 1. The standard InChI is InChI=1S/C17H14Cl2O2/c1-21-15-7-3-12(4-8-15)10-14(20)6-2-13-5-9-16(18)17(19)11-13/h2-9,11H,10H2,1H3. The summed E-state index contributed by atoms with van der Waals surface area (Å²) >= 11 is 11.8. The number of methoxy groups -OCH3 is 1. The zero-order valence-corrected chi connectivity index (χ0v) is 13.0. The van der Waals surface area contributed by atoms with Gasteiger partial charge in [0.25, 0.3) is 0 Å². The molecular weight excluding hydrogens is 307 g/mol. The van der Waals surface area contributed by atoms with E-state index in [1.165, 1.54) is 0 Å². The van der Waals surface area contributed by atoms with E-state index in [1.807, 2.05) is 30.3 Å². The number of hydrogen-bond acceptors (Lipinski definition) is 2. The molecule has 108 valence electrons. The van der Waals surface area contributed by atoms with Crippen molar-refractivity contribution in [2.75, 3.05) is 7.11 Å². The summed E-state index contributed by atoms with van der Waals surface area (Å²) in [5.74, 6) is 0.795. The molecule has 0 aliphatic rings. The van der Waals surface area contributed by atoms with E-state index < -0.39 is 0 Å². The Morgan fingerprint density at radius 1 is 1.10 bits per heavy atom. The van der Waals surface area contributed by atoms with Crippen LogP contribution in [0.25, 0.3) is 6.08 Å². The van der Waals surface area contributed by atoms with E-state index in [1.54, 1.807) is 31.4 Å². The van der Waals surface area contributed by atoms with Crippen LogP contribution in [0.1, 0.15) is 11.1 Å². The van der Waals surface area contributed by atoms with Crippen LogP contribution in [-0.4, -0.2) is 12.9 Å². The third-order valence-corrected chi connectivity index (χ3v) is 3.68. The number of benzene rings is 2. The maximum Gasteiger partial charge on any atom is 0.160 e. The molecule has 0 aliphatic heterocycles. The van der Waals surface area contributed by atoms with E-state index in [9.17, 15) is 4.79 Å². The summed E-state index contributed by atoms with van der Waals surface area (Å²) in [6.45, 7) is 0. The Bertz CT molecular complexity index is 661. The Morgan fingerprint density at radius 2 is 1.81 bits per heavy atom. The Labute approximate surface area is 134 Å². The Hall–Kier alpha value is -1.77. The molecule has 2 nitrogen and oxygen atoms in total. The second-order valence-electron chi connectivity index (χ2n) is 4.50. The van der Waals surface area contributed by atoms with Crippen LogP contribution < -0.4 is 4.74 Å². The van der Waals surface area contributed by atoms with E-state index >= 15 is 0 Å². The first-order chi connectivity index (χ1) is 10.1. The summed E-state index contributed by atoms with van der Waals surface area (Å²) in [5.41, 5.74) is 1.78. The molecule has 21 heavy (non-hydrogen) atoms. The number of carbonyl (C=O) groups excluding carboxylic acids is 1. The van der Waals surface area contributed by atoms with Gasteiger partial charge in [-0.1, -0.05) is 47.5 Å². The number of hydrogen-bond donors (Lipinski definition) is 0. The Kier molecular flexibility index (Phi) is 5.43. The number of ether oxygens (including phenoxy) is 1. The number of allylic oxidation sites excluding steroid dienone is 1. The van der Waals surface area contributed by atoms with E-state index in [2.05, 4.69) is 0 Å². The predicted molar refractivity (Wildman–Crippen MR) is 87.2 cm³/mol. The first-order valence-electron chi connectivity index (χ1n) is 6.37. The van der Waals surface area contributed by atoms with E-state index in [0.29, 0.717) is 16.5 Å². The van der Waals surface area contributed by atoms with Gasteiger partial charge in [0.05, 0.1) is 17.2 Å². The van der Waals surface area contributed by atoms with Crippen LogP contribution in [0.15, 0.2) is 48.5 Å². The van der Waals surface area contributed by atoms with Gasteiger partial charge < -0.3 is 4.74 Å².